The summed E-state index contributed by atoms with van der Waals surface area (Å²) in [5.74, 6) is -6.35. The van der Waals surface area contributed by atoms with Gasteiger partial charge in [0, 0.05) is 18.4 Å². The minimum absolute atomic E-state index is 0.00480. The molecule has 3 heterocycles. The molecule has 4 aliphatic rings. The summed E-state index contributed by atoms with van der Waals surface area (Å²) in [4.78, 5) is 64.9. The Bertz CT molecular complexity index is 2200. The topological polar surface area (TPSA) is 197 Å². The van der Waals surface area contributed by atoms with Gasteiger partial charge >= 0.3 is 18.4 Å². The van der Waals surface area contributed by atoms with Crippen LogP contribution in [0.3, 0.4) is 0 Å². The van der Waals surface area contributed by atoms with Gasteiger partial charge in [0.15, 0.2) is 0 Å². The van der Waals surface area contributed by atoms with E-state index in [1.54, 1.807) is 26.0 Å². The number of sulfonamides is 1. The zero-order valence-electron chi connectivity index (χ0n) is 34.0. The molecule has 15 nitrogen and oxygen atoms in total. The number of nitrogens with zero attached hydrogens (tertiary/aromatic N) is 4. The van der Waals surface area contributed by atoms with Crippen LogP contribution in [0, 0.1) is 17.8 Å². The van der Waals surface area contributed by atoms with E-state index in [2.05, 4.69) is 15.3 Å². The molecule has 4 amide bonds. The standard InChI is InChI=1S/C39H48F6N6O9S/c1-6-21-15-20(2)9-7-8-10-22-18-37(22,34(54)49-61(57,58)25-12-13-25)48-31(52)28-17-24(19-50(28)33(53)29(21)51(35(55)56)36(3,4)39(43,44)45)60-32-30(38(40,41)42)46-26-14-11-23(59-5)16-27(26)47-32/h8,10-11,14,16,20-22,24-25,28-29H,6-7,9,12-13,15,17-19H2,1-5H3,(H,48,52)(H,49,54)(H,55,56)/t20-,21-,22-,24-,28+,29+,37-/m1/s1. The third-order valence-corrected chi connectivity index (χ3v) is 13.9. The van der Waals surface area contributed by atoms with Crippen LogP contribution in [0.4, 0.5) is 31.1 Å². The van der Waals surface area contributed by atoms with Crippen molar-refractivity contribution in [3.8, 4) is 11.6 Å². The van der Waals surface area contributed by atoms with Gasteiger partial charge in [-0.05, 0) is 76.3 Å². The SMILES string of the molecule is CC[C@@H]1C[C@H](C)CCC=C[C@@H]2C[C@@]2(C(=O)NS(=O)(=O)C2CC2)NC(=O)[C@@H]2C[C@@H](Oc3nc4cc(OC)ccc4nc3C(F)(F)F)CN2C(=O)[C@H]1N(C(=O)O)C(C)(C)C(F)(F)F. The summed E-state index contributed by atoms with van der Waals surface area (Å²) in [5.41, 5.74) is -6.87. The molecular weight excluding hydrogens is 843 g/mol. The molecule has 2 aliphatic heterocycles. The number of allylic oxidation sites excluding steroid dienone is 1. The van der Waals surface area contributed by atoms with Crippen LogP contribution in [-0.4, -0.2) is 111 Å². The normalized spacial score (nSPS) is 27.9. The van der Waals surface area contributed by atoms with Crippen LogP contribution in [0.25, 0.3) is 11.0 Å². The van der Waals surface area contributed by atoms with E-state index < -0.39 is 117 Å². The molecule has 1 saturated heterocycles. The van der Waals surface area contributed by atoms with E-state index in [1.165, 1.54) is 25.3 Å². The summed E-state index contributed by atoms with van der Waals surface area (Å²) in [6.45, 7) is 3.81. The van der Waals surface area contributed by atoms with Crippen LogP contribution in [0.15, 0.2) is 30.4 Å². The number of hydrogen-bond acceptors (Lipinski definition) is 10. The maximum absolute atomic E-state index is 15.1. The molecule has 3 N–H and O–H groups in total. The van der Waals surface area contributed by atoms with Crippen molar-refractivity contribution in [2.24, 2.45) is 17.8 Å². The van der Waals surface area contributed by atoms with E-state index >= 15 is 4.79 Å². The van der Waals surface area contributed by atoms with Crippen LogP contribution in [0.1, 0.15) is 84.8 Å². The third-order valence-electron chi connectivity index (χ3n) is 12.1. The smallest absolute Gasteiger partial charge is 0.438 e. The number of carbonyl (C=O) groups is 4. The Labute approximate surface area is 347 Å². The number of hydrogen-bond donors (Lipinski definition) is 3. The molecule has 2 aliphatic carbocycles. The fraction of sp³-hybridized carbons (Fsp3) is 0.641. The number of aromatic nitrogens is 2. The van der Waals surface area contributed by atoms with E-state index in [1.807, 2.05) is 4.72 Å². The highest BCUT2D eigenvalue weighted by molar-refractivity contribution is 7.91. The molecule has 2 aromatic rings. The quantitative estimate of drug-likeness (QED) is 0.210. The Kier molecular flexibility index (Phi) is 12.3. The number of carbonyl (C=O) groups excluding carboxylic acids is 3. The molecule has 61 heavy (non-hydrogen) atoms. The van der Waals surface area contributed by atoms with E-state index in [0.717, 1.165) is 4.90 Å². The van der Waals surface area contributed by atoms with E-state index in [4.69, 9.17) is 9.47 Å². The molecular formula is C39H48F6N6O9S. The zero-order valence-corrected chi connectivity index (χ0v) is 34.8. The van der Waals surface area contributed by atoms with Gasteiger partial charge in [0.05, 0.1) is 29.9 Å². The summed E-state index contributed by atoms with van der Waals surface area (Å²) in [7, 11) is -2.81. The van der Waals surface area contributed by atoms with Crippen molar-refractivity contribution in [2.45, 2.75) is 126 Å². The molecule has 0 bridgehead atoms. The number of rotatable bonds is 9. The second-order valence-electron chi connectivity index (χ2n) is 16.8. The highest BCUT2D eigenvalue weighted by Gasteiger charge is 2.63. The number of carboxylic acid groups (broad SMARTS) is 1. The van der Waals surface area contributed by atoms with Gasteiger partial charge in [0.2, 0.25) is 33.4 Å². The molecule has 7 atom stereocenters. The summed E-state index contributed by atoms with van der Waals surface area (Å²) in [6, 6.07) is 0.0326. The fourth-order valence-electron chi connectivity index (χ4n) is 8.24. The van der Waals surface area contributed by atoms with Crippen molar-refractivity contribution >= 4 is 44.9 Å². The Balaban J connectivity index is 1.47. The van der Waals surface area contributed by atoms with Crippen molar-refractivity contribution in [2.75, 3.05) is 13.7 Å². The summed E-state index contributed by atoms with van der Waals surface area (Å²) in [6.07, 6.45) is -9.79. The van der Waals surface area contributed by atoms with Crippen LogP contribution in [0.2, 0.25) is 0 Å². The number of alkyl halides is 6. The average molecular weight is 891 g/mol. The Morgan fingerprint density at radius 2 is 1.75 bits per heavy atom. The van der Waals surface area contributed by atoms with Crippen molar-refractivity contribution in [3.05, 3.63) is 36.0 Å². The lowest BCUT2D eigenvalue weighted by Crippen LogP contribution is -2.66. The van der Waals surface area contributed by atoms with Crippen molar-refractivity contribution in [1.82, 2.24) is 29.8 Å². The lowest BCUT2D eigenvalue weighted by Gasteiger charge is -2.46. The first-order valence-electron chi connectivity index (χ1n) is 19.9. The van der Waals surface area contributed by atoms with Gasteiger partial charge in [-0.25, -0.2) is 23.2 Å². The average Bonchev–Trinajstić information content (AvgIpc) is 4.09. The second kappa shape index (κ2) is 16.4. The number of ether oxygens (including phenoxy) is 2. The number of halogens is 6. The molecule has 2 saturated carbocycles. The largest absolute Gasteiger partial charge is 0.497 e. The van der Waals surface area contributed by atoms with Gasteiger partial charge in [-0.2, -0.15) is 26.3 Å². The summed E-state index contributed by atoms with van der Waals surface area (Å²) < 4.78 is 127. The van der Waals surface area contributed by atoms with Gasteiger partial charge in [0.25, 0.3) is 5.91 Å². The minimum Gasteiger partial charge on any atom is -0.497 e. The highest BCUT2D eigenvalue weighted by atomic mass is 32.2. The number of fused-ring (bicyclic) bond motifs is 3. The van der Waals surface area contributed by atoms with Crippen molar-refractivity contribution < 1.29 is 68.5 Å². The highest BCUT2D eigenvalue weighted by Crippen LogP contribution is 2.47. The Morgan fingerprint density at radius 1 is 1.07 bits per heavy atom. The van der Waals surface area contributed by atoms with E-state index in [-0.39, 0.29) is 46.9 Å². The van der Waals surface area contributed by atoms with Gasteiger partial charge < -0.3 is 24.8 Å². The maximum atomic E-state index is 15.1. The van der Waals surface area contributed by atoms with Gasteiger partial charge in [-0.15, -0.1) is 0 Å². The number of methoxy groups -OCH3 is 1. The van der Waals surface area contributed by atoms with Gasteiger partial charge in [-0.3, -0.25) is 24.0 Å². The van der Waals surface area contributed by atoms with Crippen LogP contribution in [0.5, 0.6) is 11.6 Å². The lowest BCUT2D eigenvalue weighted by atomic mass is 9.82. The number of benzene rings is 1. The summed E-state index contributed by atoms with van der Waals surface area (Å²) >= 11 is 0. The predicted octanol–water partition coefficient (Wildman–Crippen LogP) is 5.58. The molecule has 0 radical (unpaired) electrons. The molecule has 6 rings (SSSR count). The van der Waals surface area contributed by atoms with Crippen molar-refractivity contribution in [1.29, 1.82) is 0 Å². The zero-order chi connectivity index (χ0) is 45.0. The molecule has 1 aromatic heterocycles. The van der Waals surface area contributed by atoms with Gasteiger partial charge in [0.1, 0.15) is 35.0 Å². The lowest BCUT2D eigenvalue weighted by molar-refractivity contribution is -0.222. The monoisotopic (exact) mass is 890 g/mol. The number of amides is 4. The molecule has 336 valence electrons. The predicted molar refractivity (Wildman–Crippen MR) is 204 cm³/mol. The third kappa shape index (κ3) is 9.18. The number of nitrogens with one attached hydrogen (secondary N) is 2. The van der Waals surface area contributed by atoms with Crippen LogP contribution >= 0.6 is 0 Å². The fourth-order valence-corrected chi connectivity index (χ4v) is 9.61. The second-order valence-corrected chi connectivity index (χ2v) is 18.8. The summed E-state index contributed by atoms with van der Waals surface area (Å²) in [5, 5.41) is 12.2. The van der Waals surface area contributed by atoms with Gasteiger partial charge in [-0.1, -0.05) is 32.4 Å². The first kappa shape index (κ1) is 45.6. The van der Waals surface area contributed by atoms with E-state index in [9.17, 15) is 54.3 Å². The van der Waals surface area contributed by atoms with Crippen molar-refractivity contribution in [3.63, 3.8) is 0 Å². The Hall–Kier alpha value is -4.89. The molecule has 3 fully saturated rings. The van der Waals surface area contributed by atoms with E-state index in [0.29, 0.717) is 39.5 Å². The van der Waals surface area contributed by atoms with Crippen LogP contribution in [-0.2, 0) is 30.6 Å². The first-order valence-corrected chi connectivity index (χ1v) is 21.4. The molecule has 0 spiro atoms. The Morgan fingerprint density at radius 3 is 2.34 bits per heavy atom. The molecule has 1 aromatic carbocycles. The minimum atomic E-state index is -5.21. The molecule has 0 unspecified atom stereocenters. The van der Waals surface area contributed by atoms with Crippen LogP contribution < -0.4 is 19.5 Å². The maximum Gasteiger partial charge on any atom is 0.438 e. The molecule has 22 heteroatoms. The first-order chi connectivity index (χ1) is 28.3.